The fourth-order valence-electron chi connectivity index (χ4n) is 4.02. The lowest BCUT2D eigenvalue weighted by molar-refractivity contribution is -0.134. The van der Waals surface area contributed by atoms with Crippen LogP contribution >= 0.6 is 11.3 Å². The van der Waals surface area contributed by atoms with Crippen LogP contribution in [0.15, 0.2) is 60.7 Å². The molecular formula is C28H36N4O2S. The summed E-state index contributed by atoms with van der Waals surface area (Å²) in [5.74, 6) is -0.0645. The second-order valence-electron chi connectivity index (χ2n) is 8.77. The molecule has 35 heavy (non-hydrogen) atoms. The monoisotopic (exact) mass is 492 g/mol. The zero-order valence-electron chi connectivity index (χ0n) is 20.8. The first-order valence-corrected chi connectivity index (χ1v) is 13.4. The van der Waals surface area contributed by atoms with Gasteiger partial charge in [0.25, 0.3) is 0 Å². The molecule has 186 valence electrons. The molecule has 2 aromatic carbocycles. The lowest BCUT2D eigenvalue weighted by Gasteiger charge is -2.30. The molecule has 3 aromatic rings. The number of anilines is 1. The molecule has 0 spiro atoms. The van der Waals surface area contributed by atoms with Crippen LogP contribution in [-0.4, -0.2) is 33.5 Å². The minimum absolute atomic E-state index is 0.0946. The third-order valence-corrected chi connectivity index (χ3v) is 6.97. The molecule has 0 bridgehead atoms. The van der Waals surface area contributed by atoms with Gasteiger partial charge in [0.05, 0.1) is 6.04 Å². The van der Waals surface area contributed by atoms with E-state index in [9.17, 15) is 9.59 Å². The van der Waals surface area contributed by atoms with Crippen molar-refractivity contribution in [3.05, 3.63) is 66.2 Å². The number of carbonyl (C=O) groups is 2. The fraction of sp³-hybridized carbons (Fsp3) is 0.429. The van der Waals surface area contributed by atoms with Crippen LogP contribution in [0.1, 0.15) is 76.8 Å². The summed E-state index contributed by atoms with van der Waals surface area (Å²) in [7, 11) is 0. The number of amides is 2. The number of hydrogen-bond donors (Lipinski definition) is 1. The predicted molar refractivity (Wildman–Crippen MR) is 143 cm³/mol. The molecule has 0 fully saturated rings. The standard InChI is InChI=1S/C28H36N4O2S/c1-3-4-5-6-7-14-19-26(34)32(22(2)23-15-10-8-11-16-23)21-20-25(33)29-28-31-30-27(35-28)24-17-12-9-13-18-24/h8-13,15-18,22H,3-7,14,19-21H2,1-2H3,(H,29,31,33)/t22-/m1/s1. The van der Waals surface area contributed by atoms with Crippen LogP contribution in [0.2, 0.25) is 0 Å². The maximum atomic E-state index is 13.2. The number of rotatable bonds is 14. The number of hydrogen-bond acceptors (Lipinski definition) is 5. The minimum Gasteiger partial charge on any atom is -0.335 e. The van der Waals surface area contributed by atoms with Crippen molar-refractivity contribution in [3.63, 3.8) is 0 Å². The Morgan fingerprint density at radius 3 is 2.26 bits per heavy atom. The molecule has 1 aromatic heterocycles. The van der Waals surface area contributed by atoms with Gasteiger partial charge in [-0.2, -0.15) is 0 Å². The maximum Gasteiger partial charge on any atom is 0.227 e. The van der Waals surface area contributed by atoms with E-state index in [4.69, 9.17) is 0 Å². The summed E-state index contributed by atoms with van der Waals surface area (Å²) in [5.41, 5.74) is 2.04. The van der Waals surface area contributed by atoms with E-state index in [0.717, 1.165) is 29.0 Å². The van der Waals surface area contributed by atoms with Crippen LogP contribution < -0.4 is 5.32 Å². The van der Waals surface area contributed by atoms with E-state index in [0.29, 0.717) is 18.1 Å². The fourth-order valence-corrected chi connectivity index (χ4v) is 4.79. The Bertz CT molecular complexity index is 1040. The first-order chi connectivity index (χ1) is 17.1. The van der Waals surface area contributed by atoms with Gasteiger partial charge >= 0.3 is 0 Å². The lowest BCUT2D eigenvalue weighted by Crippen LogP contribution is -2.36. The number of carbonyl (C=O) groups excluding carboxylic acids is 2. The molecule has 2 amide bonds. The molecule has 1 atom stereocenters. The van der Waals surface area contributed by atoms with Gasteiger partial charge in [0.2, 0.25) is 16.9 Å². The van der Waals surface area contributed by atoms with Crippen LogP contribution in [0, 0.1) is 0 Å². The molecule has 0 aliphatic carbocycles. The van der Waals surface area contributed by atoms with Crippen molar-refractivity contribution < 1.29 is 9.59 Å². The van der Waals surface area contributed by atoms with Crippen LogP contribution in [0.25, 0.3) is 10.6 Å². The Labute approximate surface area is 212 Å². The van der Waals surface area contributed by atoms with Crippen LogP contribution in [0.3, 0.4) is 0 Å². The van der Waals surface area contributed by atoms with E-state index in [2.05, 4.69) is 22.4 Å². The van der Waals surface area contributed by atoms with Crippen molar-refractivity contribution in [1.29, 1.82) is 0 Å². The second kappa shape index (κ2) is 14.4. The van der Waals surface area contributed by atoms with E-state index in [1.54, 1.807) is 0 Å². The minimum atomic E-state index is -0.168. The average Bonchev–Trinajstić information content (AvgIpc) is 3.35. The number of nitrogens with zero attached hydrogens (tertiary/aromatic N) is 3. The molecular weight excluding hydrogens is 456 g/mol. The molecule has 1 heterocycles. The largest absolute Gasteiger partial charge is 0.335 e. The van der Waals surface area contributed by atoms with Crippen molar-refractivity contribution in [2.45, 2.75) is 71.3 Å². The van der Waals surface area contributed by atoms with E-state index < -0.39 is 0 Å². The quantitative estimate of drug-likeness (QED) is 0.249. The van der Waals surface area contributed by atoms with Crippen molar-refractivity contribution in [2.75, 3.05) is 11.9 Å². The van der Waals surface area contributed by atoms with E-state index in [-0.39, 0.29) is 24.3 Å². The predicted octanol–water partition coefficient (Wildman–Crippen LogP) is 6.87. The van der Waals surface area contributed by atoms with E-state index in [1.807, 2.05) is 72.5 Å². The molecule has 6 nitrogen and oxygen atoms in total. The Hall–Kier alpha value is -3.06. The van der Waals surface area contributed by atoms with Crippen LogP contribution in [0.5, 0.6) is 0 Å². The third kappa shape index (κ3) is 8.58. The first-order valence-electron chi connectivity index (χ1n) is 12.6. The highest BCUT2D eigenvalue weighted by Gasteiger charge is 2.22. The normalized spacial score (nSPS) is 11.7. The third-order valence-electron chi connectivity index (χ3n) is 6.09. The number of aromatic nitrogens is 2. The van der Waals surface area contributed by atoms with Gasteiger partial charge in [-0.3, -0.25) is 9.59 Å². The molecule has 0 unspecified atom stereocenters. The van der Waals surface area contributed by atoms with Gasteiger partial charge in [-0.25, -0.2) is 0 Å². The SMILES string of the molecule is CCCCCCCCC(=O)N(CCC(=O)Nc1nnc(-c2ccccc2)s1)[C@H](C)c1ccccc1. The number of benzene rings is 2. The van der Waals surface area contributed by atoms with Crippen molar-refractivity contribution in [3.8, 4) is 10.6 Å². The van der Waals surface area contributed by atoms with E-state index in [1.165, 1.54) is 37.0 Å². The van der Waals surface area contributed by atoms with Gasteiger partial charge in [0, 0.05) is 24.9 Å². The Balaban J connectivity index is 1.56. The molecule has 0 saturated carbocycles. The highest BCUT2D eigenvalue weighted by molar-refractivity contribution is 7.18. The van der Waals surface area contributed by atoms with Crippen molar-refractivity contribution in [1.82, 2.24) is 15.1 Å². The molecule has 3 rings (SSSR count). The molecule has 0 saturated heterocycles. The van der Waals surface area contributed by atoms with E-state index >= 15 is 0 Å². The van der Waals surface area contributed by atoms with Gasteiger partial charge in [0.15, 0.2) is 0 Å². The van der Waals surface area contributed by atoms with Crippen molar-refractivity contribution >= 4 is 28.3 Å². The molecule has 1 N–H and O–H groups in total. The summed E-state index contributed by atoms with van der Waals surface area (Å²) in [4.78, 5) is 27.7. The maximum absolute atomic E-state index is 13.2. The average molecular weight is 493 g/mol. The second-order valence-corrected chi connectivity index (χ2v) is 9.75. The van der Waals surface area contributed by atoms with Gasteiger partial charge in [-0.15, -0.1) is 10.2 Å². The lowest BCUT2D eigenvalue weighted by atomic mass is 10.0. The van der Waals surface area contributed by atoms with Crippen LogP contribution in [0.4, 0.5) is 5.13 Å². The first kappa shape index (κ1) is 26.5. The topological polar surface area (TPSA) is 75.2 Å². The summed E-state index contributed by atoms with van der Waals surface area (Å²) < 4.78 is 0. The van der Waals surface area contributed by atoms with Crippen molar-refractivity contribution in [2.24, 2.45) is 0 Å². The summed E-state index contributed by atoms with van der Waals surface area (Å²) in [5, 5.41) is 12.4. The highest BCUT2D eigenvalue weighted by atomic mass is 32.1. The summed E-state index contributed by atoms with van der Waals surface area (Å²) in [6.07, 6.45) is 7.55. The molecule has 0 aliphatic heterocycles. The summed E-state index contributed by atoms with van der Waals surface area (Å²) in [6.45, 7) is 4.60. The Kier molecular flexibility index (Phi) is 10.9. The van der Waals surface area contributed by atoms with Gasteiger partial charge < -0.3 is 10.2 Å². The molecule has 7 heteroatoms. The van der Waals surface area contributed by atoms with Gasteiger partial charge in [-0.1, -0.05) is 111 Å². The van der Waals surface area contributed by atoms with Crippen LogP contribution in [-0.2, 0) is 9.59 Å². The molecule has 0 aliphatic rings. The number of unbranched alkanes of at least 4 members (excludes halogenated alkanes) is 5. The zero-order valence-corrected chi connectivity index (χ0v) is 21.6. The van der Waals surface area contributed by atoms with Gasteiger partial charge in [-0.05, 0) is 18.9 Å². The zero-order chi connectivity index (χ0) is 24.9. The highest BCUT2D eigenvalue weighted by Crippen LogP contribution is 2.26. The summed E-state index contributed by atoms with van der Waals surface area (Å²) >= 11 is 1.34. The molecule has 0 radical (unpaired) electrons. The Morgan fingerprint density at radius 2 is 1.54 bits per heavy atom. The number of nitrogens with one attached hydrogen (secondary N) is 1. The Morgan fingerprint density at radius 1 is 0.886 bits per heavy atom. The smallest absolute Gasteiger partial charge is 0.227 e. The summed E-state index contributed by atoms with van der Waals surface area (Å²) in [6, 6.07) is 19.7. The van der Waals surface area contributed by atoms with Gasteiger partial charge in [0.1, 0.15) is 5.01 Å².